The molecule has 21 heavy (non-hydrogen) atoms. The molecule has 0 saturated heterocycles. The van der Waals surface area contributed by atoms with E-state index in [1.807, 2.05) is 0 Å². The zero-order valence-electron chi connectivity index (χ0n) is 12.9. The fourth-order valence-electron chi connectivity index (χ4n) is 1.52. The number of hydrogen-bond donors (Lipinski definition) is 1. The minimum atomic E-state index is -0.583. The number of amides is 1. The molecule has 0 aliphatic heterocycles. The second kappa shape index (κ2) is 6.92. The van der Waals surface area contributed by atoms with Crippen LogP contribution >= 0.6 is 0 Å². The van der Waals surface area contributed by atoms with Gasteiger partial charge in [0.2, 0.25) is 5.88 Å². The molecule has 7 heteroatoms. The Morgan fingerprint density at radius 2 is 1.95 bits per heavy atom. The van der Waals surface area contributed by atoms with Crippen molar-refractivity contribution in [1.82, 2.24) is 10.3 Å². The van der Waals surface area contributed by atoms with E-state index in [0.717, 1.165) is 0 Å². The summed E-state index contributed by atoms with van der Waals surface area (Å²) in [5.74, 6) is -0.192. The maximum absolute atomic E-state index is 11.6. The first kappa shape index (κ1) is 16.7. The third kappa shape index (κ3) is 5.29. The van der Waals surface area contributed by atoms with Gasteiger partial charge in [0.1, 0.15) is 5.60 Å². The van der Waals surface area contributed by atoms with Crippen molar-refractivity contribution in [3.05, 3.63) is 23.4 Å². The maximum Gasteiger partial charge on any atom is 0.407 e. The van der Waals surface area contributed by atoms with E-state index in [1.165, 1.54) is 20.4 Å². The summed E-state index contributed by atoms with van der Waals surface area (Å²) in [4.78, 5) is 27.1. The third-order valence-electron chi connectivity index (χ3n) is 2.36. The Morgan fingerprint density at radius 1 is 1.29 bits per heavy atom. The smallest absolute Gasteiger partial charge is 0.407 e. The molecule has 1 rings (SSSR count). The van der Waals surface area contributed by atoms with Gasteiger partial charge < -0.3 is 19.5 Å². The summed E-state index contributed by atoms with van der Waals surface area (Å²) < 4.78 is 14.8. The van der Waals surface area contributed by atoms with Crippen LogP contribution in [0, 0.1) is 0 Å². The molecular formula is C14H20N2O5. The summed E-state index contributed by atoms with van der Waals surface area (Å²) in [6.45, 7) is 5.43. The summed E-state index contributed by atoms with van der Waals surface area (Å²) >= 11 is 0. The minimum Gasteiger partial charge on any atom is -0.481 e. The van der Waals surface area contributed by atoms with Crippen LogP contribution < -0.4 is 10.1 Å². The number of nitrogens with zero attached hydrogens (tertiary/aromatic N) is 1. The molecular weight excluding hydrogens is 276 g/mol. The predicted octanol–water partition coefficient (Wildman–Crippen LogP) is 1.90. The highest BCUT2D eigenvalue weighted by Gasteiger charge is 2.17. The van der Waals surface area contributed by atoms with Crippen molar-refractivity contribution >= 4 is 12.1 Å². The number of pyridine rings is 1. The first-order chi connectivity index (χ1) is 9.76. The molecule has 1 aromatic heterocycles. The maximum atomic E-state index is 11.6. The number of aromatic nitrogens is 1. The molecule has 0 aromatic carbocycles. The normalized spacial score (nSPS) is 10.7. The lowest BCUT2D eigenvalue weighted by Gasteiger charge is -2.20. The van der Waals surface area contributed by atoms with E-state index < -0.39 is 17.7 Å². The van der Waals surface area contributed by atoms with Crippen LogP contribution in [0.5, 0.6) is 5.88 Å². The van der Waals surface area contributed by atoms with Gasteiger partial charge in [0.25, 0.3) is 0 Å². The zero-order valence-corrected chi connectivity index (χ0v) is 12.9. The average Bonchev–Trinajstić information content (AvgIpc) is 2.42. The summed E-state index contributed by atoms with van der Waals surface area (Å²) in [6.07, 6.45) is 0.787. The first-order valence-corrected chi connectivity index (χ1v) is 6.35. The summed E-state index contributed by atoms with van der Waals surface area (Å²) in [5.41, 5.74) is 0.242. The lowest BCUT2D eigenvalue weighted by molar-refractivity contribution is 0.0522. The Labute approximate surface area is 123 Å². The minimum absolute atomic E-state index is 0.121. The Morgan fingerprint density at radius 3 is 2.48 bits per heavy atom. The van der Waals surface area contributed by atoms with Crippen LogP contribution in [0.25, 0.3) is 0 Å². The summed E-state index contributed by atoms with van der Waals surface area (Å²) in [7, 11) is 2.74. The molecule has 1 N–H and O–H groups in total. The molecule has 1 aromatic rings. The van der Waals surface area contributed by atoms with E-state index in [4.69, 9.17) is 9.47 Å². The van der Waals surface area contributed by atoms with Crippen LogP contribution in [0.2, 0.25) is 0 Å². The highest BCUT2D eigenvalue weighted by molar-refractivity contribution is 5.89. The van der Waals surface area contributed by atoms with E-state index in [0.29, 0.717) is 11.4 Å². The lowest BCUT2D eigenvalue weighted by Crippen LogP contribution is -2.32. The van der Waals surface area contributed by atoms with Crippen LogP contribution in [-0.2, 0) is 16.0 Å². The van der Waals surface area contributed by atoms with Gasteiger partial charge in [-0.15, -0.1) is 0 Å². The monoisotopic (exact) mass is 296 g/mol. The van der Waals surface area contributed by atoms with Gasteiger partial charge in [-0.2, -0.15) is 0 Å². The largest absolute Gasteiger partial charge is 0.481 e. The Hall–Kier alpha value is -2.31. The van der Waals surface area contributed by atoms with Gasteiger partial charge >= 0.3 is 12.1 Å². The molecule has 1 amide bonds. The molecule has 0 saturated carbocycles. The van der Waals surface area contributed by atoms with Crippen LogP contribution in [-0.4, -0.2) is 36.9 Å². The van der Waals surface area contributed by atoms with Crippen molar-refractivity contribution in [2.24, 2.45) is 0 Å². The second-order valence-corrected chi connectivity index (χ2v) is 5.24. The van der Waals surface area contributed by atoms with E-state index >= 15 is 0 Å². The summed E-state index contributed by atoms with van der Waals surface area (Å²) in [6, 6.07) is 1.55. The van der Waals surface area contributed by atoms with Gasteiger partial charge in [0.05, 0.1) is 26.3 Å². The highest BCUT2D eigenvalue weighted by Crippen LogP contribution is 2.17. The number of methoxy groups -OCH3 is 2. The van der Waals surface area contributed by atoms with Gasteiger partial charge in [0.15, 0.2) is 0 Å². The molecule has 0 unspecified atom stereocenters. The topological polar surface area (TPSA) is 86.8 Å². The molecule has 0 aliphatic rings. The molecule has 0 atom stereocenters. The van der Waals surface area contributed by atoms with Gasteiger partial charge in [0, 0.05) is 11.8 Å². The van der Waals surface area contributed by atoms with Crippen molar-refractivity contribution in [2.45, 2.75) is 32.9 Å². The molecule has 0 bridgehead atoms. The zero-order chi connectivity index (χ0) is 16.0. The number of carbonyl (C=O) groups is 2. The van der Waals surface area contributed by atoms with Gasteiger partial charge in [-0.25, -0.2) is 14.6 Å². The number of hydrogen-bond acceptors (Lipinski definition) is 6. The van der Waals surface area contributed by atoms with Gasteiger partial charge in [-0.3, -0.25) is 0 Å². The Balaban J connectivity index is 2.81. The van der Waals surface area contributed by atoms with Crippen molar-refractivity contribution in [2.75, 3.05) is 14.2 Å². The van der Waals surface area contributed by atoms with Gasteiger partial charge in [-0.1, -0.05) is 0 Å². The van der Waals surface area contributed by atoms with E-state index in [2.05, 4.69) is 15.0 Å². The van der Waals surface area contributed by atoms with Crippen molar-refractivity contribution in [1.29, 1.82) is 0 Å². The van der Waals surface area contributed by atoms with E-state index in [-0.39, 0.29) is 12.1 Å². The lowest BCUT2D eigenvalue weighted by atomic mass is 10.2. The van der Waals surface area contributed by atoms with Crippen LogP contribution in [0.15, 0.2) is 12.3 Å². The molecule has 0 spiro atoms. The Kier molecular flexibility index (Phi) is 5.52. The van der Waals surface area contributed by atoms with Crippen molar-refractivity contribution < 1.29 is 23.8 Å². The molecule has 7 nitrogen and oxygen atoms in total. The third-order valence-corrected chi connectivity index (χ3v) is 2.36. The molecule has 0 aliphatic carbocycles. The molecule has 0 radical (unpaired) electrons. The highest BCUT2D eigenvalue weighted by atomic mass is 16.6. The fourth-order valence-corrected chi connectivity index (χ4v) is 1.52. The molecule has 1 heterocycles. The fraction of sp³-hybridized carbons (Fsp3) is 0.500. The number of alkyl carbamates (subject to hydrolysis) is 1. The van der Waals surface area contributed by atoms with Crippen LogP contribution in [0.1, 0.15) is 36.7 Å². The van der Waals surface area contributed by atoms with E-state index in [9.17, 15) is 9.59 Å². The standard InChI is InChI=1S/C14H20N2O5/c1-14(2,3)21-13(18)16-7-9-6-10(12(17)20-5)8-15-11(9)19-4/h6,8H,7H2,1-5H3,(H,16,18). The van der Waals surface area contributed by atoms with E-state index in [1.54, 1.807) is 26.8 Å². The first-order valence-electron chi connectivity index (χ1n) is 6.35. The number of nitrogens with one attached hydrogen (secondary N) is 1. The average molecular weight is 296 g/mol. The van der Waals surface area contributed by atoms with Crippen molar-refractivity contribution in [3.63, 3.8) is 0 Å². The summed E-state index contributed by atoms with van der Waals surface area (Å²) in [5, 5.41) is 2.58. The second-order valence-electron chi connectivity index (χ2n) is 5.24. The number of rotatable bonds is 4. The Bertz CT molecular complexity index is 523. The van der Waals surface area contributed by atoms with Crippen LogP contribution in [0.4, 0.5) is 4.79 Å². The molecule has 0 fully saturated rings. The number of carbonyl (C=O) groups excluding carboxylic acids is 2. The quantitative estimate of drug-likeness (QED) is 0.854. The number of esters is 1. The van der Waals surface area contributed by atoms with Crippen LogP contribution in [0.3, 0.4) is 0 Å². The molecule has 116 valence electrons. The predicted molar refractivity (Wildman–Crippen MR) is 75.2 cm³/mol. The van der Waals surface area contributed by atoms with Gasteiger partial charge in [-0.05, 0) is 26.8 Å². The number of ether oxygens (including phenoxy) is 3. The van der Waals surface area contributed by atoms with Crippen molar-refractivity contribution in [3.8, 4) is 5.88 Å². The SMILES string of the molecule is COC(=O)c1cnc(OC)c(CNC(=O)OC(C)(C)C)c1.